The number of ether oxygens (including phenoxy) is 1. The monoisotopic (exact) mass is 308 g/mol. The summed E-state index contributed by atoms with van der Waals surface area (Å²) >= 11 is 0. The third-order valence-corrected chi connectivity index (χ3v) is 3.46. The number of aliphatic imine (C=N–C) groups is 1. The van der Waals surface area contributed by atoms with Crippen molar-refractivity contribution in [2.75, 3.05) is 32.5 Å². The van der Waals surface area contributed by atoms with Crippen molar-refractivity contribution in [2.24, 2.45) is 15.5 Å². The minimum atomic E-state index is -3.46. The van der Waals surface area contributed by atoms with E-state index in [1.807, 2.05) is 6.92 Å². The number of hydrogen-bond donors (Lipinski definition) is 3. The zero-order chi connectivity index (χ0) is 15.8. The van der Waals surface area contributed by atoms with Crippen LogP contribution >= 0.6 is 0 Å². The molecular formula is C12H28N4O3S. The number of primary sulfonamides is 1. The Balaban J connectivity index is 4.53. The van der Waals surface area contributed by atoms with E-state index in [2.05, 4.69) is 36.4 Å². The molecule has 0 rings (SSSR count). The van der Waals surface area contributed by atoms with Crippen LogP contribution in [-0.2, 0) is 14.8 Å². The highest BCUT2D eigenvalue weighted by Crippen LogP contribution is 2.21. The zero-order valence-corrected chi connectivity index (χ0v) is 13.9. The molecule has 20 heavy (non-hydrogen) atoms. The van der Waals surface area contributed by atoms with Crippen molar-refractivity contribution < 1.29 is 13.2 Å². The largest absolute Gasteiger partial charge is 0.379 e. The van der Waals surface area contributed by atoms with Crippen molar-refractivity contribution >= 4 is 16.0 Å². The predicted molar refractivity (Wildman–Crippen MR) is 82.2 cm³/mol. The number of methoxy groups -OCH3 is 1. The molecule has 8 heteroatoms. The number of hydrogen-bond acceptors (Lipinski definition) is 4. The molecule has 0 aliphatic carbocycles. The maximum atomic E-state index is 10.9. The first kappa shape index (κ1) is 19.1. The Morgan fingerprint density at radius 2 is 1.95 bits per heavy atom. The van der Waals surface area contributed by atoms with E-state index in [0.29, 0.717) is 19.0 Å². The quantitative estimate of drug-likeness (QED) is 0.449. The highest BCUT2D eigenvalue weighted by atomic mass is 32.2. The van der Waals surface area contributed by atoms with Gasteiger partial charge < -0.3 is 15.4 Å². The van der Waals surface area contributed by atoms with Crippen molar-refractivity contribution in [3.63, 3.8) is 0 Å². The lowest BCUT2D eigenvalue weighted by molar-refractivity contribution is 0.0241. The van der Waals surface area contributed by atoms with E-state index in [1.165, 1.54) is 0 Å². The van der Waals surface area contributed by atoms with Gasteiger partial charge in [0.15, 0.2) is 5.96 Å². The summed E-state index contributed by atoms with van der Waals surface area (Å²) < 4.78 is 27.2. The van der Waals surface area contributed by atoms with E-state index in [9.17, 15) is 8.42 Å². The van der Waals surface area contributed by atoms with Crippen LogP contribution in [0.3, 0.4) is 0 Å². The molecule has 0 saturated carbocycles. The van der Waals surface area contributed by atoms with Gasteiger partial charge in [-0.2, -0.15) is 0 Å². The van der Waals surface area contributed by atoms with Crippen LogP contribution in [0.15, 0.2) is 4.99 Å². The van der Waals surface area contributed by atoms with E-state index < -0.39 is 10.0 Å². The average molecular weight is 308 g/mol. The molecule has 0 fully saturated rings. The molecular weight excluding hydrogens is 280 g/mol. The number of sulfonamides is 1. The molecule has 0 amide bonds. The Hall–Kier alpha value is -0.860. The van der Waals surface area contributed by atoms with Gasteiger partial charge in [-0.1, -0.05) is 20.8 Å². The molecule has 0 heterocycles. The highest BCUT2D eigenvalue weighted by Gasteiger charge is 2.24. The second-order valence-corrected chi connectivity index (χ2v) is 7.34. The van der Waals surface area contributed by atoms with E-state index >= 15 is 0 Å². The SMILES string of the molecule is CCNC(=NCC(OC)C(C)(C)C)NCCS(N)(=O)=O. The summed E-state index contributed by atoms with van der Waals surface area (Å²) in [6.45, 7) is 9.58. The van der Waals surface area contributed by atoms with E-state index in [0.717, 1.165) is 0 Å². The Labute approximate surface area is 122 Å². The first-order valence-electron chi connectivity index (χ1n) is 6.65. The standard InChI is InChI=1S/C12H28N4O3S/c1-6-14-11(15-7-8-20(13,17)18)16-9-10(19-5)12(2,3)4/h10H,6-9H2,1-5H3,(H2,13,17,18)(H2,14,15,16). The summed E-state index contributed by atoms with van der Waals surface area (Å²) in [5.41, 5.74) is -0.0177. The summed E-state index contributed by atoms with van der Waals surface area (Å²) in [6, 6.07) is 0. The van der Waals surface area contributed by atoms with Crippen molar-refractivity contribution in [3.05, 3.63) is 0 Å². The zero-order valence-electron chi connectivity index (χ0n) is 13.1. The molecule has 0 aromatic rings. The second-order valence-electron chi connectivity index (χ2n) is 5.60. The minimum absolute atomic E-state index is 0.0174. The van der Waals surface area contributed by atoms with Crippen LogP contribution in [0.2, 0.25) is 0 Å². The Morgan fingerprint density at radius 1 is 1.35 bits per heavy atom. The molecule has 0 aromatic heterocycles. The molecule has 7 nitrogen and oxygen atoms in total. The summed E-state index contributed by atoms with van der Waals surface area (Å²) in [5, 5.41) is 10.9. The van der Waals surface area contributed by atoms with E-state index in [4.69, 9.17) is 9.88 Å². The van der Waals surface area contributed by atoms with Crippen molar-refractivity contribution in [1.29, 1.82) is 0 Å². The molecule has 0 bridgehead atoms. The predicted octanol–water partition coefficient (Wildman–Crippen LogP) is -0.109. The van der Waals surface area contributed by atoms with Gasteiger partial charge in [-0.25, -0.2) is 13.6 Å². The van der Waals surface area contributed by atoms with Gasteiger partial charge in [-0.3, -0.25) is 4.99 Å². The fourth-order valence-electron chi connectivity index (χ4n) is 1.53. The summed E-state index contributed by atoms with van der Waals surface area (Å²) in [7, 11) is -1.80. The van der Waals surface area contributed by atoms with Crippen LogP contribution < -0.4 is 15.8 Å². The van der Waals surface area contributed by atoms with Gasteiger partial charge in [0.25, 0.3) is 0 Å². The number of nitrogens with zero attached hydrogens (tertiary/aromatic N) is 1. The van der Waals surface area contributed by atoms with Gasteiger partial charge in [0.05, 0.1) is 18.4 Å². The lowest BCUT2D eigenvalue weighted by Crippen LogP contribution is -2.41. The van der Waals surface area contributed by atoms with Gasteiger partial charge in [0, 0.05) is 20.2 Å². The lowest BCUT2D eigenvalue weighted by atomic mass is 9.89. The molecule has 0 aliphatic rings. The Bertz CT molecular complexity index is 401. The molecule has 1 atom stereocenters. The Kier molecular flexibility index (Phi) is 8.07. The molecule has 4 N–H and O–H groups in total. The molecule has 0 aromatic carbocycles. The third-order valence-electron chi connectivity index (χ3n) is 2.69. The topological polar surface area (TPSA) is 106 Å². The van der Waals surface area contributed by atoms with E-state index in [-0.39, 0.29) is 23.8 Å². The fourth-order valence-corrected chi connectivity index (χ4v) is 1.92. The molecule has 0 radical (unpaired) electrons. The average Bonchev–Trinajstić information content (AvgIpc) is 2.26. The number of rotatable bonds is 7. The smallest absolute Gasteiger partial charge is 0.210 e. The van der Waals surface area contributed by atoms with Crippen LogP contribution in [-0.4, -0.2) is 53.0 Å². The minimum Gasteiger partial charge on any atom is -0.379 e. The molecule has 0 saturated heterocycles. The van der Waals surface area contributed by atoms with Crippen molar-refractivity contribution in [1.82, 2.24) is 10.6 Å². The second kappa shape index (κ2) is 8.43. The summed E-state index contributed by atoms with van der Waals surface area (Å²) in [6.07, 6.45) is -0.0174. The Morgan fingerprint density at radius 3 is 2.35 bits per heavy atom. The molecule has 0 aliphatic heterocycles. The van der Waals surface area contributed by atoms with Crippen LogP contribution in [0.5, 0.6) is 0 Å². The molecule has 1 unspecified atom stereocenters. The van der Waals surface area contributed by atoms with Gasteiger partial charge in [0.1, 0.15) is 0 Å². The van der Waals surface area contributed by atoms with Crippen LogP contribution in [0.1, 0.15) is 27.7 Å². The maximum absolute atomic E-state index is 10.9. The number of nitrogens with two attached hydrogens (primary N) is 1. The number of nitrogens with one attached hydrogen (secondary N) is 2. The van der Waals surface area contributed by atoms with Crippen LogP contribution in [0, 0.1) is 5.41 Å². The molecule has 0 spiro atoms. The van der Waals surface area contributed by atoms with E-state index in [1.54, 1.807) is 7.11 Å². The first-order valence-corrected chi connectivity index (χ1v) is 8.37. The summed E-state index contributed by atoms with van der Waals surface area (Å²) in [5.74, 6) is 0.423. The lowest BCUT2D eigenvalue weighted by Gasteiger charge is -2.28. The van der Waals surface area contributed by atoms with Gasteiger partial charge in [0.2, 0.25) is 10.0 Å². The number of guanidine groups is 1. The summed E-state index contributed by atoms with van der Waals surface area (Å²) in [4.78, 5) is 4.40. The fraction of sp³-hybridized carbons (Fsp3) is 0.917. The van der Waals surface area contributed by atoms with Gasteiger partial charge in [-0.05, 0) is 12.3 Å². The van der Waals surface area contributed by atoms with Crippen molar-refractivity contribution in [2.45, 2.75) is 33.8 Å². The van der Waals surface area contributed by atoms with Gasteiger partial charge >= 0.3 is 0 Å². The molecule has 120 valence electrons. The maximum Gasteiger partial charge on any atom is 0.210 e. The van der Waals surface area contributed by atoms with Crippen LogP contribution in [0.4, 0.5) is 0 Å². The third kappa shape index (κ3) is 9.11. The van der Waals surface area contributed by atoms with Crippen molar-refractivity contribution in [3.8, 4) is 0 Å². The first-order chi connectivity index (χ1) is 9.10. The highest BCUT2D eigenvalue weighted by molar-refractivity contribution is 7.89. The van der Waals surface area contributed by atoms with Crippen LogP contribution in [0.25, 0.3) is 0 Å². The van der Waals surface area contributed by atoms with Gasteiger partial charge in [-0.15, -0.1) is 0 Å². The normalized spacial score (nSPS) is 15.0.